The highest BCUT2D eigenvalue weighted by atomic mass is 32.2. The van der Waals surface area contributed by atoms with E-state index in [0.717, 1.165) is 12.8 Å². The highest BCUT2D eigenvalue weighted by molar-refractivity contribution is 7.91. The predicted octanol–water partition coefficient (Wildman–Crippen LogP) is 0.516. The Morgan fingerprint density at radius 1 is 1.10 bits per heavy atom. The Balaban J connectivity index is 1.53. The van der Waals surface area contributed by atoms with Crippen LogP contribution in [0.1, 0.15) is 29.6 Å². The van der Waals surface area contributed by atoms with Crippen molar-refractivity contribution >= 4 is 25.8 Å². The summed E-state index contributed by atoms with van der Waals surface area (Å²) in [7, 11) is -6.80. The summed E-state index contributed by atoms with van der Waals surface area (Å²) in [5, 5.41) is 0. The number of amides is 1. The van der Waals surface area contributed by atoms with Gasteiger partial charge in [-0.15, -0.1) is 0 Å². The third kappa shape index (κ3) is 5.11. The molecule has 0 unspecified atom stereocenters. The maximum absolute atomic E-state index is 13.3. The van der Waals surface area contributed by atoms with E-state index in [-0.39, 0.29) is 28.4 Å². The number of hydrogen-bond acceptors (Lipinski definition) is 7. The molecule has 1 aromatic rings. The van der Waals surface area contributed by atoms with Crippen molar-refractivity contribution in [2.24, 2.45) is 0 Å². The Bertz CT molecular complexity index is 996. The van der Waals surface area contributed by atoms with Gasteiger partial charge in [-0.2, -0.15) is 4.31 Å². The highest BCUT2D eigenvalue weighted by Crippen LogP contribution is 2.24. The topological polar surface area (TPSA) is 110 Å². The molecule has 1 aromatic carbocycles. The lowest BCUT2D eigenvalue weighted by Gasteiger charge is -2.30. The third-order valence-corrected chi connectivity index (χ3v) is 9.71. The average molecular weight is 473 g/mol. The van der Waals surface area contributed by atoms with Gasteiger partial charge in [0.05, 0.1) is 35.7 Å². The Hall–Kier alpha value is -1.53. The molecule has 2 atom stereocenters. The zero-order valence-corrected chi connectivity index (χ0v) is 18.9. The SMILES string of the molecule is O=C(c1ccc(S(=O)(=O)N2CCOCC2)cc1)N(C[C@@H]1CCCO1)[C@@H]1CCS(=O)(=O)C1. The standard InChI is InChI=1S/C20H28N2O7S2/c23-20(22(14-18-2-1-10-29-18)17-7-13-30(24,25)15-17)16-3-5-19(6-4-16)31(26,27)21-8-11-28-12-9-21/h3-6,17-18H,1-2,7-15H2/t17-,18+/m1/s1. The van der Waals surface area contributed by atoms with Gasteiger partial charge in [-0.3, -0.25) is 4.79 Å². The van der Waals surface area contributed by atoms with E-state index in [1.54, 1.807) is 4.90 Å². The van der Waals surface area contributed by atoms with Crippen LogP contribution in [-0.4, -0.2) is 95.1 Å². The number of carbonyl (C=O) groups is 1. The maximum Gasteiger partial charge on any atom is 0.254 e. The van der Waals surface area contributed by atoms with Crippen LogP contribution in [0.2, 0.25) is 0 Å². The number of sulfonamides is 1. The van der Waals surface area contributed by atoms with Gasteiger partial charge in [-0.05, 0) is 43.5 Å². The predicted molar refractivity (Wildman–Crippen MR) is 113 cm³/mol. The van der Waals surface area contributed by atoms with Gasteiger partial charge in [0, 0.05) is 37.8 Å². The van der Waals surface area contributed by atoms with Crippen LogP contribution in [0.3, 0.4) is 0 Å². The second kappa shape index (κ2) is 9.14. The number of sulfone groups is 1. The Morgan fingerprint density at radius 3 is 2.39 bits per heavy atom. The van der Waals surface area contributed by atoms with Crippen molar-refractivity contribution in [3.8, 4) is 0 Å². The monoisotopic (exact) mass is 472 g/mol. The summed E-state index contributed by atoms with van der Waals surface area (Å²) in [5.74, 6) is -0.272. The molecule has 3 aliphatic heterocycles. The molecule has 172 valence electrons. The number of morpholine rings is 1. The summed E-state index contributed by atoms with van der Waals surface area (Å²) in [5.41, 5.74) is 0.336. The quantitative estimate of drug-likeness (QED) is 0.593. The molecule has 31 heavy (non-hydrogen) atoms. The minimum atomic E-state index is -3.65. The van der Waals surface area contributed by atoms with Gasteiger partial charge in [0.1, 0.15) is 0 Å². The molecule has 0 aliphatic carbocycles. The van der Waals surface area contributed by atoms with Crippen LogP contribution in [0.4, 0.5) is 0 Å². The first kappa shape index (κ1) is 22.7. The molecule has 4 rings (SSSR count). The highest BCUT2D eigenvalue weighted by Gasteiger charge is 2.37. The van der Waals surface area contributed by atoms with Crippen molar-refractivity contribution < 1.29 is 31.1 Å². The van der Waals surface area contributed by atoms with Crippen molar-refractivity contribution in [2.75, 3.05) is 51.0 Å². The molecule has 0 N–H and O–H groups in total. The number of carbonyl (C=O) groups excluding carboxylic acids is 1. The smallest absolute Gasteiger partial charge is 0.254 e. The van der Waals surface area contributed by atoms with Crippen molar-refractivity contribution in [1.29, 1.82) is 0 Å². The lowest BCUT2D eigenvalue weighted by molar-refractivity contribution is 0.0441. The van der Waals surface area contributed by atoms with Gasteiger partial charge in [0.25, 0.3) is 5.91 Å². The fourth-order valence-corrected chi connectivity index (χ4v) is 7.44. The second-order valence-corrected chi connectivity index (χ2v) is 12.4. The first-order valence-corrected chi connectivity index (χ1v) is 13.8. The number of hydrogen-bond donors (Lipinski definition) is 0. The van der Waals surface area contributed by atoms with Gasteiger partial charge in [-0.25, -0.2) is 16.8 Å². The summed E-state index contributed by atoms with van der Waals surface area (Å²) in [6.07, 6.45) is 2.06. The molecule has 3 saturated heterocycles. The lowest BCUT2D eigenvalue weighted by Crippen LogP contribution is -2.45. The van der Waals surface area contributed by atoms with Crippen LogP contribution in [-0.2, 0) is 29.3 Å². The number of rotatable bonds is 6. The summed E-state index contributed by atoms with van der Waals surface area (Å²) < 4.78 is 61.9. The molecule has 1 amide bonds. The normalized spacial score (nSPS) is 26.7. The molecule has 0 aromatic heterocycles. The first-order chi connectivity index (χ1) is 14.8. The Morgan fingerprint density at radius 2 is 1.81 bits per heavy atom. The molecule has 0 spiro atoms. The van der Waals surface area contributed by atoms with Crippen molar-refractivity contribution in [3.63, 3.8) is 0 Å². The van der Waals surface area contributed by atoms with E-state index in [4.69, 9.17) is 9.47 Å². The fraction of sp³-hybridized carbons (Fsp3) is 0.650. The van der Waals surface area contributed by atoms with E-state index >= 15 is 0 Å². The van der Waals surface area contributed by atoms with Gasteiger partial charge >= 0.3 is 0 Å². The van der Waals surface area contributed by atoms with Gasteiger partial charge in [0.15, 0.2) is 9.84 Å². The van der Waals surface area contributed by atoms with E-state index < -0.39 is 25.9 Å². The zero-order valence-electron chi connectivity index (χ0n) is 17.3. The van der Waals surface area contributed by atoms with Crippen LogP contribution in [0.25, 0.3) is 0 Å². The minimum absolute atomic E-state index is 0.0467. The third-order valence-electron chi connectivity index (χ3n) is 6.04. The Labute approximate surface area is 183 Å². The van der Waals surface area contributed by atoms with Crippen LogP contribution in [0, 0.1) is 0 Å². The van der Waals surface area contributed by atoms with Crippen molar-refractivity contribution in [3.05, 3.63) is 29.8 Å². The first-order valence-electron chi connectivity index (χ1n) is 10.6. The molecule has 11 heteroatoms. The van der Waals surface area contributed by atoms with E-state index in [0.29, 0.717) is 51.4 Å². The molecule has 0 radical (unpaired) electrons. The molecule has 3 heterocycles. The van der Waals surface area contributed by atoms with E-state index in [9.17, 15) is 21.6 Å². The summed E-state index contributed by atoms with van der Waals surface area (Å²) in [6, 6.07) is 5.49. The molecular formula is C20H28N2O7S2. The number of ether oxygens (including phenoxy) is 2. The maximum atomic E-state index is 13.3. The van der Waals surface area contributed by atoms with E-state index in [1.165, 1.54) is 28.6 Å². The fourth-order valence-electron chi connectivity index (χ4n) is 4.30. The molecule has 3 aliphatic rings. The lowest BCUT2D eigenvalue weighted by atomic mass is 10.1. The molecule has 0 bridgehead atoms. The summed E-state index contributed by atoms with van der Waals surface area (Å²) >= 11 is 0. The van der Waals surface area contributed by atoms with Crippen molar-refractivity contribution in [2.45, 2.75) is 36.3 Å². The minimum Gasteiger partial charge on any atom is -0.379 e. The van der Waals surface area contributed by atoms with E-state index in [1.807, 2.05) is 0 Å². The molecule has 9 nitrogen and oxygen atoms in total. The Kier molecular flexibility index (Phi) is 6.68. The van der Waals surface area contributed by atoms with Crippen LogP contribution in [0.15, 0.2) is 29.2 Å². The van der Waals surface area contributed by atoms with E-state index in [2.05, 4.69) is 0 Å². The molecule has 3 fully saturated rings. The van der Waals surface area contributed by atoms with Crippen LogP contribution < -0.4 is 0 Å². The largest absolute Gasteiger partial charge is 0.379 e. The van der Waals surface area contributed by atoms with Crippen molar-refractivity contribution in [1.82, 2.24) is 9.21 Å². The van der Waals surface area contributed by atoms with Gasteiger partial charge in [-0.1, -0.05) is 0 Å². The second-order valence-electron chi connectivity index (χ2n) is 8.19. The van der Waals surface area contributed by atoms with Crippen LogP contribution >= 0.6 is 0 Å². The number of nitrogens with zero attached hydrogens (tertiary/aromatic N) is 2. The molecule has 0 saturated carbocycles. The molecular weight excluding hydrogens is 444 g/mol. The average Bonchev–Trinajstić information content (AvgIpc) is 3.41. The zero-order chi connectivity index (χ0) is 22.1. The summed E-state index contributed by atoms with van der Waals surface area (Å²) in [6.45, 7) is 2.30. The van der Waals surface area contributed by atoms with Crippen LogP contribution in [0.5, 0.6) is 0 Å². The van der Waals surface area contributed by atoms with Gasteiger partial charge in [0.2, 0.25) is 10.0 Å². The number of benzene rings is 1. The summed E-state index contributed by atoms with van der Waals surface area (Å²) in [4.78, 5) is 15.0. The van der Waals surface area contributed by atoms with Gasteiger partial charge < -0.3 is 14.4 Å².